The second-order valence-electron chi connectivity index (χ2n) is 4.41. The standard InChI is InChI=1S/C11H23NO2/c1-10-3-2-4-11(9-10)12(5-7-13)6-8-14/h10-11,13-14H,2-9H2,1H3/t10-,11-/m1/s1. The molecule has 0 saturated heterocycles. The van der Waals surface area contributed by atoms with Gasteiger partial charge in [0.25, 0.3) is 0 Å². The molecule has 0 heterocycles. The minimum atomic E-state index is 0.199. The Bertz CT molecular complexity index is 143. The summed E-state index contributed by atoms with van der Waals surface area (Å²) in [6.07, 6.45) is 5.08. The summed E-state index contributed by atoms with van der Waals surface area (Å²) in [5, 5.41) is 17.9. The minimum Gasteiger partial charge on any atom is -0.395 e. The summed E-state index contributed by atoms with van der Waals surface area (Å²) in [5.74, 6) is 0.800. The van der Waals surface area contributed by atoms with Crippen molar-refractivity contribution in [2.24, 2.45) is 5.92 Å². The Morgan fingerprint density at radius 1 is 1.14 bits per heavy atom. The van der Waals surface area contributed by atoms with E-state index in [4.69, 9.17) is 10.2 Å². The second-order valence-corrected chi connectivity index (χ2v) is 4.41. The maximum atomic E-state index is 8.94. The van der Waals surface area contributed by atoms with Crippen LogP contribution in [0, 0.1) is 5.92 Å². The molecule has 2 N–H and O–H groups in total. The van der Waals surface area contributed by atoms with Gasteiger partial charge in [0, 0.05) is 19.1 Å². The van der Waals surface area contributed by atoms with Crippen molar-refractivity contribution in [2.75, 3.05) is 26.3 Å². The lowest BCUT2D eigenvalue weighted by Crippen LogP contribution is -2.41. The monoisotopic (exact) mass is 201 g/mol. The molecule has 0 bridgehead atoms. The zero-order valence-electron chi connectivity index (χ0n) is 9.15. The van der Waals surface area contributed by atoms with E-state index >= 15 is 0 Å². The van der Waals surface area contributed by atoms with Crippen LogP contribution in [-0.4, -0.2) is 47.5 Å². The molecule has 84 valence electrons. The summed E-state index contributed by atoms with van der Waals surface area (Å²) >= 11 is 0. The Hall–Kier alpha value is -0.120. The Morgan fingerprint density at radius 2 is 1.79 bits per heavy atom. The highest BCUT2D eigenvalue weighted by molar-refractivity contribution is 4.78. The molecule has 2 atom stereocenters. The van der Waals surface area contributed by atoms with Gasteiger partial charge in [0.1, 0.15) is 0 Å². The molecule has 1 aliphatic rings. The fourth-order valence-electron chi connectivity index (χ4n) is 2.47. The first-order valence-electron chi connectivity index (χ1n) is 5.73. The van der Waals surface area contributed by atoms with E-state index in [0.717, 1.165) is 5.92 Å². The van der Waals surface area contributed by atoms with Gasteiger partial charge in [0.05, 0.1) is 13.2 Å². The molecule has 3 heteroatoms. The first kappa shape index (κ1) is 12.0. The smallest absolute Gasteiger partial charge is 0.0558 e. The summed E-state index contributed by atoms with van der Waals surface area (Å²) < 4.78 is 0. The first-order chi connectivity index (χ1) is 6.77. The Morgan fingerprint density at radius 3 is 2.29 bits per heavy atom. The van der Waals surface area contributed by atoms with Gasteiger partial charge in [0.2, 0.25) is 0 Å². The maximum absolute atomic E-state index is 8.94. The van der Waals surface area contributed by atoms with Gasteiger partial charge in [-0.2, -0.15) is 0 Å². The Labute approximate surface area is 86.7 Å². The van der Waals surface area contributed by atoms with Gasteiger partial charge in [0.15, 0.2) is 0 Å². The van der Waals surface area contributed by atoms with Crippen LogP contribution in [0.15, 0.2) is 0 Å². The number of hydrogen-bond donors (Lipinski definition) is 2. The van der Waals surface area contributed by atoms with Crippen molar-refractivity contribution in [3.05, 3.63) is 0 Å². The third kappa shape index (κ3) is 3.56. The highest BCUT2D eigenvalue weighted by Gasteiger charge is 2.23. The van der Waals surface area contributed by atoms with Gasteiger partial charge < -0.3 is 10.2 Å². The molecule has 1 saturated carbocycles. The van der Waals surface area contributed by atoms with Crippen molar-refractivity contribution >= 4 is 0 Å². The van der Waals surface area contributed by atoms with Crippen LogP contribution < -0.4 is 0 Å². The largest absolute Gasteiger partial charge is 0.395 e. The number of aliphatic hydroxyl groups is 2. The predicted octanol–water partition coefficient (Wildman–Crippen LogP) is 0.852. The third-order valence-corrected chi connectivity index (χ3v) is 3.20. The van der Waals surface area contributed by atoms with E-state index in [2.05, 4.69) is 11.8 Å². The molecule has 0 amide bonds. The van der Waals surface area contributed by atoms with Crippen molar-refractivity contribution in [1.82, 2.24) is 4.90 Å². The number of rotatable bonds is 5. The van der Waals surface area contributed by atoms with E-state index < -0.39 is 0 Å². The molecule has 1 rings (SSSR count). The fourth-order valence-corrected chi connectivity index (χ4v) is 2.47. The summed E-state index contributed by atoms with van der Waals surface area (Å²) in [4.78, 5) is 2.23. The van der Waals surface area contributed by atoms with Crippen molar-refractivity contribution in [3.8, 4) is 0 Å². The predicted molar refractivity (Wildman–Crippen MR) is 57.2 cm³/mol. The number of aliphatic hydroxyl groups excluding tert-OH is 2. The van der Waals surface area contributed by atoms with Crippen molar-refractivity contribution in [1.29, 1.82) is 0 Å². The number of hydrogen-bond acceptors (Lipinski definition) is 3. The Kier molecular flexibility index (Phi) is 5.45. The lowest BCUT2D eigenvalue weighted by molar-refractivity contribution is 0.0891. The van der Waals surface area contributed by atoms with Crippen molar-refractivity contribution in [3.63, 3.8) is 0 Å². The minimum absolute atomic E-state index is 0.199. The van der Waals surface area contributed by atoms with Gasteiger partial charge in [-0.3, -0.25) is 4.90 Å². The van der Waals surface area contributed by atoms with E-state index in [1.165, 1.54) is 25.7 Å². The van der Waals surface area contributed by atoms with Crippen LogP contribution in [0.1, 0.15) is 32.6 Å². The summed E-state index contributed by atoms with van der Waals surface area (Å²) in [5.41, 5.74) is 0. The lowest BCUT2D eigenvalue weighted by atomic mass is 9.86. The van der Waals surface area contributed by atoms with E-state index in [0.29, 0.717) is 19.1 Å². The molecule has 0 aromatic carbocycles. The zero-order chi connectivity index (χ0) is 10.4. The molecule has 0 aromatic rings. The maximum Gasteiger partial charge on any atom is 0.0558 e. The van der Waals surface area contributed by atoms with Crippen LogP contribution in [0.4, 0.5) is 0 Å². The normalized spacial score (nSPS) is 28.3. The molecule has 0 aliphatic heterocycles. The average Bonchev–Trinajstić information content (AvgIpc) is 2.17. The highest BCUT2D eigenvalue weighted by atomic mass is 16.3. The zero-order valence-corrected chi connectivity index (χ0v) is 9.15. The molecule has 14 heavy (non-hydrogen) atoms. The Balaban J connectivity index is 2.39. The summed E-state index contributed by atoms with van der Waals surface area (Å²) in [7, 11) is 0. The topological polar surface area (TPSA) is 43.7 Å². The summed E-state index contributed by atoms with van der Waals surface area (Å²) in [6, 6.07) is 0.582. The van der Waals surface area contributed by atoms with E-state index in [1.807, 2.05) is 0 Å². The van der Waals surface area contributed by atoms with Crippen molar-refractivity contribution < 1.29 is 10.2 Å². The molecule has 3 nitrogen and oxygen atoms in total. The van der Waals surface area contributed by atoms with Crippen LogP contribution in [0.3, 0.4) is 0 Å². The van der Waals surface area contributed by atoms with Crippen LogP contribution in [0.25, 0.3) is 0 Å². The SMILES string of the molecule is C[C@@H]1CCC[C@@H](N(CCO)CCO)C1. The molecule has 0 spiro atoms. The van der Waals surface area contributed by atoms with Gasteiger partial charge in [-0.25, -0.2) is 0 Å². The van der Waals surface area contributed by atoms with Crippen LogP contribution >= 0.6 is 0 Å². The quantitative estimate of drug-likeness (QED) is 0.693. The first-order valence-corrected chi connectivity index (χ1v) is 5.73. The van der Waals surface area contributed by atoms with E-state index in [1.54, 1.807) is 0 Å². The molecular weight excluding hydrogens is 178 g/mol. The van der Waals surface area contributed by atoms with E-state index in [-0.39, 0.29) is 13.2 Å². The van der Waals surface area contributed by atoms with Crippen LogP contribution in [-0.2, 0) is 0 Å². The highest BCUT2D eigenvalue weighted by Crippen LogP contribution is 2.26. The van der Waals surface area contributed by atoms with Gasteiger partial charge in [-0.15, -0.1) is 0 Å². The molecule has 0 aromatic heterocycles. The molecule has 1 fully saturated rings. The van der Waals surface area contributed by atoms with Crippen LogP contribution in [0.2, 0.25) is 0 Å². The third-order valence-electron chi connectivity index (χ3n) is 3.20. The van der Waals surface area contributed by atoms with Crippen molar-refractivity contribution in [2.45, 2.75) is 38.6 Å². The molecule has 1 aliphatic carbocycles. The molecular formula is C11H23NO2. The van der Waals surface area contributed by atoms with E-state index in [9.17, 15) is 0 Å². The fraction of sp³-hybridized carbons (Fsp3) is 1.00. The molecule has 0 unspecified atom stereocenters. The molecule has 0 radical (unpaired) electrons. The average molecular weight is 201 g/mol. The van der Waals surface area contributed by atoms with Gasteiger partial charge in [-0.1, -0.05) is 19.8 Å². The van der Waals surface area contributed by atoms with Gasteiger partial charge >= 0.3 is 0 Å². The van der Waals surface area contributed by atoms with Crippen LogP contribution in [0.5, 0.6) is 0 Å². The second kappa shape index (κ2) is 6.38. The number of nitrogens with zero attached hydrogens (tertiary/aromatic N) is 1. The van der Waals surface area contributed by atoms with Gasteiger partial charge in [-0.05, 0) is 18.8 Å². The summed E-state index contributed by atoms with van der Waals surface area (Å²) in [6.45, 7) is 4.11. The lowest BCUT2D eigenvalue weighted by Gasteiger charge is -2.36.